The summed E-state index contributed by atoms with van der Waals surface area (Å²) >= 11 is 2.01. The van der Waals surface area contributed by atoms with Crippen LogP contribution in [0, 0.1) is 18.8 Å². The van der Waals surface area contributed by atoms with Crippen molar-refractivity contribution in [3.63, 3.8) is 0 Å². The van der Waals surface area contributed by atoms with Gasteiger partial charge in [0.25, 0.3) is 0 Å². The van der Waals surface area contributed by atoms with E-state index in [-0.39, 0.29) is 0 Å². The summed E-state index contributed by atoms with van der Waals surface area (Å²) in [5.41, 5.74) is 15.0. The summed E-state index contributed by atoms with van der Waals surface area (Å²) in [6, 6.07) is 2.44. The number of nitrogens with one attached hydrogen (secondary N) is 2. The predicted octanol–water partition coefficient (Wildman–Crippen LogP) is 9.98. The van der Waals surface area contributed by atoms with Crippen molar-refractivity contribution in [3.8, 4) is 0 Å². The molecule has 1 fully saturated rings. The van der Waals surface area contributed by atoms with Crippen molar-refractivity contribution in [2.75, 3.05) is 19.4 Å². The molecule has 0 amide bonds. The smallest absolute Gasteiger partial charge is 0.0377 e. The molecule has 0 saturated carbocycles. The second-order valence-electron chi connectivity index (χ2n) is 11.3. The number of aryl methyl sites for hydroxylation is 1. The third-order valence-corrected chi connectivity index (χ3v) is 10.3. The number of thiophene rings is 1. The lowest BCUT2D eigenvalue weighted by atomic mass is 9.81. The van der Waals surface area contributed by atoms with Gasteiger partial charge in [0.2, 0.25) is 0 Å². The summed E-state index contributed by atoms with van der Waals surface area (Å²) in [5, 5.41) is 7.48. The highest BCUT2D eigenvalue weighted by Gasteiger charge is 2.36. The summed E-state index contributed by atoms with van der Waals surface area (Å²) in [6.07, 6.45) is 13.5. The Morgan fingerprint density at radius 1 is 1.21 bits per heavy atom. The lowest BCUT2D eigenvalue weighted by Gasteiger charge is -2.26. The number of hydrogen-bond acceptors (Lipinski definition) is 3. The topological polar surface area (TPSA) is 24.1 Å². The minimum atomic E-state index is 0.383. The zero-order valence-electron chi connectivity index (χ0n) is 26.1. The Balaban J connectivity index is 2.20. The van der Waals surface area contributed by atoms with Gasteiger partial charge in [0, 0.05) is 34.2 Å². The van der Waals surface area contributed by atoms with Crippen LogP contribution in [-0.4, -0.2) is 19.4 Å². The third-order valence-electron chi connectivity index (χ3n) is 8.68. The molecule has 0 aromatic carbocycles. The quantitative estimate of drug-likeness (QED) is 0.206. The first-order chi connectivity index (χ1) is 18.7. The first-order valence-corrected chi connectivity index (χ1v) is 16.8. The molecule has 1 aliphatic heterocycles. The molecule has 2 nitrogen and oxygen atoms in total. The van der Waals surface area contributed by atoms with Gasteiger partial charge in [-0.05, 0) is 129 Å². The van der Waals surface area contributed by atoms with Crippen molar-refractivity contribution < 1.29 is 0 Å². The molecular formula is C35H53N2PS. The molecule has 0 bridgehead atoms. The van der Waals surface area contributed by atoms with Crippen LogP contribution in [0.5, 0.6) is 0 Å². The molecule has 2 heterocycles. The highest BCUT2D eigenvalue weighted by atomic mass is 32.1. The van der Waals surface area contributed by atoms with E-state index in [0.29, 0.717) is 11.8 Å². The van der Waals surface area contributed by atoms with Crippen molar-refractivity contribution in [3.05, 3.63) is 78.7 Å². The maximum Gasteiger partial charge on any atom is 0.0377 e. The molecule has 1 aromatic heterocycles. The fourth-order valence-electron chi connectivity index (χ4n) is 6.24. The van der Waals surface area contributed by atoms with E-state index in [1.54, 1.807) is 22.3 Å². The van der Waals surface area contributed by atoms with Crippen LogP contribution in [0.3, 0.4) is 0 Å². The zero-order valence-corrected chi connectivity index (χ0v) is 28.1. The second kappa shape index (κ2) is 14.8. The first kappa shape index (κ1) is 31.9. The van der Waals surface area contributed by atoms with Crippen molar-refractivity contribution in [2.24, 2.45) is 11.8 Å². The van der Waals surface area contributed by atoms with Gasteiger partial charge in [-0.2, -0.15) is 0 Å². The van der Waals surface area contributed by atoms with Crippen molar-refractivity contribution >= 4 is 31.7 Å². The van der Waals surface area contributed by atoms with Gasteiger partial charge >= 0.3 is 0 Å². The maximum atomic E-state index is 3.77. The monoisotopic (exact) mass is 564 g/mol. The van der Waals surface area contributed by atoms with Crippen molar-refractivity contribution in [1.29, 1.82) is 0 Å². The van der Waals surface area contributed by atoms with Crippen LogP contribution in [0.25, 0.3) is 11.1 Å². The molecule has 2 N–H and O–H groups in total. The molecule has 1 aliphatic carbocycles. The summed E-state index contributed by atoms with van der Waals surface area (Å²) in [5.74, 6) is 0.877. The Morgan fingerprint density at radius 2 is 1.95 bits per heavy atom. The lowest BCUT2D eigenvalue weighted by molar-refractivity contribution is 0.631. The van der Waals surface area contributed by atoms with E-state index in [1.165, 1.54) is 49.7 Å². The molecule has 3 unspecified atom stereocenters. The summed E-state index contributed by atoms with van der Waals surface area (Å²) in [4.78, 5) is 2.90. The van der Waals surface area contributed by atoms with E-state index in [2.05, 4.69) is 106 Å². The SMILES string of the molecule is C/C=C\C(NCP)=C(\C1=C2CCCNCC2=C(c2sc(/C(C)=C/C(CC)=C(\C)CC)cc2C)C1C)C(C)CC. The fraction of sp³-hybridized carbons (Fsp3) is 0.543. The molecule has 3 atom stereocenters. The van der Waals surface area contributed by atoms with Gasteiger partial charge in [0.05, 0.1) is 0 Å². The Kier molecular flexibility index (Phi) is 12.1. The molecule has 0 radical (unpaired) electrons. The molecule has 3 rings (SSSR count). The van der Waals surface area contributed by atoms with Crippen LogP contribution in [0.4, 0.5) is 0 Å². The summed E-state index contributed by atoms with van der Waals surface area (Å²) < 4.78 is 0. The molecule has 0 spiro atoms. The van der Waals surface area contributed by atoms with Crippen molar-refractivity contribution in [2.45, 2.75) is 94.4 Å². The van der Waals surface area contributed by atoms with Gasteiger partial charge in [-0.1, -0.05) is 52.3 Å². The number of allylic oxidation sites excluding steroid dienone is 9. The molecule has 4 heteroatoms. The van der Waals surface area contributed by atoms with Gasteiger partial charge < -0.3 is 10.6 Å². The average Bonchev–Trinajstić information content (AvgIpc) is 3.31. The van der Waals surface area contributed by atoms with E-state index < -0.39 is 0 Å². The van der Waals surface area contributed by atoms with Gasteiger partial charge in [0.15, 0.2) is 0 Å². The van der Waals surface area contributed by atoms with E-state index in [9.17, 15) is 0 Å². The van der Waals surface area contributed by atoms with Gasteiger partial charge in [-0.15, -0.1) is 20.6 Å². The van der Waals surface area contributed by atoms with Gasteiger partial charge in [-0.3, -0.25) is 0 Å². The van der Waals surface area contributed by atoms with Crippen LogP contribution in [-0.2, 0) is 0 Å². The Labute approximate surface area is 246 Å². The number of hydrogen-bond donors (Lipinski definition) is 2. The Hall–Kier alpha value is -1.67. The van der Waals surface area contributed by atoms with E-state index in [4.69, 9.17) is 0 Å². The van der Waals surface area contributed by atoms with Crippen LogP contribution in [0.15, 0.2) is 63.4 Å². The standard InChI is InChI=1S/C35H53N2PS/c1-10-15-30(37-21-38)32(23(6)12-3)33-26(9)34(29-20-36-17-14-16-28(29)33)35-25(8)19-31(39-35)24(7)18-27(13-4)22(5)11-2/h10,15,18-19,23,26,36-37H,11-14,16-17,20-21,38H2,1-9H3/b15-10-,24-18+,27-22+,32-30-. The largest absolute Gasteiger partial charge is 0.381 e. The number of rotatable bonds is 11. The van der Waals surface area contributed by atoms with Crippen LogP contribution in [0.2, 0.25) is 0 Å². The van der Waals surface area contributed by atoms with E-state index in [1.807, 2.05) is 11.3 Å². The maximum absolute atomic E-state index is 3.77. The third kappa shape index (κ3) is 6.98. The first-order valence-electron chi connectivity index (χ1n) is 15.2. The van der Waals surface area contributed by atoms with Gasteiger partial charge in [-0.25, -0.2) is 0 Å². The zero-order chi connectivity index (χ0) is 28.7. The van der Waals surface area contributed by atoms with Crippen molar-refractivity contribution in [1.82, 2.24) is 10.6 Å². The van der Waals surface area contributed by atoms with E-state index >= 15 is 0 Å². The van der Waals surface area contributed by atoms with Gasteiger partial charge in [0.1, 0.15) is 0 Å². The Bertz CT molecular complexity index is 1220. The molecular weight excluding hydrogens is 511 g/mol. The molecule has 1 aromatic rings. The predicted molar refractivity (Wildman–Crippen MR) is 180 cm³/mol. The highest BCUT2D eigenvalue weighted by molar-refractivity contribution is 7.16. The van der Waals surface area contributed by atoms with Crippen LogP contribution < -0.4 is 10.6 Å². The van der Waals surface area contributed by atoms with Crippen LogP contribution in [0.1, 0.15) is 103 Å². The number of fused-ring (bicyclic) bond motifs is 1. The minimum Gasteiger partial charge on any atom is -0.381 e. The normalized spacial score (nSPS) is 20.8. The molecule has 2 aliphatic rings. The summed E-state index contributed by atoms with van der Waals surface area (Å²) in [6.45, 7) is 22.9. The lowest BCUT2D eigenvalue weighted by Crippen LogP contribution is -2.18. The van der Waals surface area contributed by atoms with Crippen LogP contribution >= 0.6 is 20.6 Å². The minimum absolute atomic E-state index is 0.383. The fourth-order valence-corrected chi connectivity index (χ4v) is 7.77. The summed E-state index contributed by atoms with van der Waals surface area (Å²) in [7, 11) is 2.85. The Morgan fingerprint density at radius 3 is 2.56 bits per heavy atom. The molecule has 39 heavy (non-hydrogen) atoms. The molecule has 1 saturated heterocycles. The average molecular weight is 565 g/mol. The highest BCUT2D eigenvalue weighted by Crippen LogP contribution is 2.52. The second-order valence-corrected chi connectivity index (χ2v) is 12.7. The molecule has 214 valence electrons. The van der Waals surface area contributed by atoms with E-state index in [0.717, 1.165) is 45.1 Å².